The van der Waals surface area contributed by atoms with Crippen LogP contribution in [-0.2, 0) is 19.1 Å². The minimum absolute atomic E-state index is 0.0473. The molecule has 0 saturated heterocycles. The molecule has 6 heteroatoms. The molecule has 0 spiro atoms. The van der Waals surface area contributed by atoms with E-state index in [-0.39, 0.29) is 25.8 Å². The molecule has 0 atom stereocenters. The first-order valence-electron chi connectivity index (χ1n) is 7.23. The van der Waals surface area contributed by atoms with Gasteiger partial charge in [-0.1, -0.05) is 19.6 Å². The van der Waals surface area contributed by atoms with Gasteiger partial charge in [0.2, 0.25) is 0 Å². The van der Waals surface area contributed by atoms with Crippen LogP contribution in [0.2, 0.25) is 0 Å². The minimum Gasteiger partial charge on any atom is -0.462 e. The van der Waals surface area contributed by atoms with E-state index >= 15 is 0 Å². The molecule has 2 N–H and O–H groups in total. The van der Waals surface area contributed by atoms with Crippen molar-refractivity contribution in [2.75, 3.05) is 26.4 Å². The molecule has 0 fully saturated rings. The van der Waals surface area contributed by atoms with E-state index in [1.807, 2.05) is 0 Å². The summed E-state index contributed by atoms with van der Waals surface area (Å²) >= 11 is 0. The molecule has 22 heavy (non-hydrogen) atoms. The van der Waals surface area contributed by atoms with Gasteiger partial charge < -0.3 is 19.7 Å². The van der Waals surface area contributed by atoms with Gasteiger partial charge in [-0.05, 0) is 33.1 Å². The number of carbonyl (C=O) groups is 2. The van der Waals surface area contributed by atoms with Gasteiger partial charge in [-0.25, -0.2) is 9.59 Å². The van der Waals surface area contributed by atoms with E-state index in [9.17, 15) is 9.59 Å². The first-order chi connectivity index (χ1) is 10.4. The third-order valence-corrected chi connectivity index (χ3v) is 2.31. The van der Waals surface area contributed by atoms with Crippen molar-refractivity contribution in [2.45, 2.75) is 39.5 Å². The summed E-state index contributed by atoms with van der Waals surface area (Å²) in [5.41, 5.74) is 0.791. The van der Waals surface area contributed by atoms with E-state index in [0.29, 0.717) is 17.8 Å². The Morgan fingerprint density at radius 2 is 1.23 bits per heavy atom. The van der Waals surface area contributed by atoms with Crippen LogP contribution in [0.1, 0.15) is 39.5 Å². The van der Waals surface area contributed by atoms with Crippen molar-refractivity contribution in [1.82, 2.24) is 0 Å². The maximum atomic E-state index is 10.9. The summed E-state index contributed by atoms with van der Waals surface area (Å²) in [5.74, 6) is -0.772. The molecule has 0 saturated carbocycles. The van der Waals surface area contributed by atoms with Gasteiger partial charge in [0.05, 0.1) is 13.2 Å². The summed E-state index contributed by atoms with van der Waals surface area (Å²) in [6, 6.07) is 0. The third-order valence-electron chi connectivity index (χ3n) is 2.31. The lowest BCUT2D eigenvalue weighted by atomic mass is 10.2. The first-order valence-corrected chi connectivity index (χ1v) is 7.23. The van der Waals surface area contributed by atoms with Gasteiger partial charge >= 0.3 is 11.9 Å². The maximum Gasteiger partial charge on any atom is 0.333 e. The zero-order chi connectivity index (χ0) is 17.4. The molecule has 0 unspecified atom stereocenters. The van der Waals surface area contributed by atoms with Crippen LogP contribution in [0.25, 0.3) is 0 Å². The monoisotopic (exact) mass is 316 g/mol. The number of unbranched alkanes of at least 4 members (excludes halogenated alkanes) is 3. The maximum absolute atomic E-state index is 10.9. The number of hydrogen-bond donors (Lipinski definition) is 2. The van der Waals surface area contributed by atoms with E-state index in [1.165, 1.54) is 0 Å². The Bertz CT molecular complexity index is 349. The molecule has 0 aromatic heterocycles. The molecule has 128 valence electrons. The molecule has 0 bridgehead atoms. The normalized spacial score (nSPS) is 9.27. The summed E-state index contributed by atoms with van der Waals surface area (Å²) in [6.45, 7) is 10.6. The van der Waals surface area contributed by atoms with E-state index in [1.54, 1.807) is 13.8 Å². The third kappa shape index (κ3) is 16.4. The highest BCUT2D eigenvalue weighted by Gasteiger charge is 2.01. The Balaban J connectivity index is 0. The molecule has 0 aliphatic carbocycles. The van der Waals surface area contributed by atoms with Crippen LogP contribution in [-0.4, -0.2) is 48.6 Å². The Morgan fingerprint density at radius 3 is 1.64 bits per heavy atom. The Hall–Kier alpha value is -1.66. The fourth-order valence-corrected chi connectivity index (χ4v) is 1.12. The van der Waals surface area contributed by atoms with Crippen molar-refractivity contribution in [3.8, 4) is 0 Å². The van der Waals surface area contributed by atoms with Crippen LogP contribution in [0.15, 0.2) is 24.3 Å². The van der Waals surface area contributed by atoms with Crippen LogP contribution < -0.4 is 0 Å². The molecule has 0 aliphatic heterocycles. The second-order valence-corrected chi connectivity index (χ2v) is 4.69. The molecular weight excluding hydrogens is 288 g/mol. The van der Waals surface area contributed by atoms with Crippen LogP contribution in [0.5, 0.6) is 0 Å². The Labute approximate surface area is 132 Å². The number of aliphatic hydroxyl groups excluding tert-OH is 2. The highest BCUT2D eigenvalue weighted by molar-refractivity contribution is 5.87. The van der Waals surface area contributed by atoms with Gasteiger partial charge in [0.25, 0.3) is 0 Å². The largest absolute Gasteiger partial charge is 0.462 e. The predicted octanol–water partition coefficient (Wildman–Crippen LogP) is 1.76. The SMILES string of the molecule is C=C(C)C(=O)OCCCCCCO.C=C(C)C(=O)OCCO. The highest BCUT2D eigenvalue weighted by Crippen LogP contribution is 2.00. The quantitative estimate of drug-likeness (QED) is 0.362. The van der Waals surface area contributed by atoms with Crippen molar-refractivity contribution >= 4 is 11.9 Å². The molecule has 0 aliphatic rings. The second kappa shape index (κ2) is 15.7. The van der Waals surface area contributed by atoms with Gasteiger partial charge in [0.15, 0.2) is 0 Å². The molecule has 0 radical (unpaired) electrons. The summed E-state index contributed by atoms with van der Waals surface area (Å²) in [6.07, 6.45) is 3.67. The summed E-state index contributed by atoms with van der Waals surface area (Å²) in [4.78, 5) is 21.3. The predicted molar refractivity (Wildman–Crippen MR) is 84.2 cm³/mol. The average molecular weight is 316 g/mol. The lowest BCUT2D eigenvalue weighted by Crippen LogP contribution is -2.08. The van der Waals surface area contributed by atoms with Gasteiger partial charge in [0, 0.05) is 17.8 Å². The fraction of sp³-hybridized carbons (Fsp3) is 0.625. The van der Waals surface area contributed by atoms with Crippen molar-refractivity contribution < 1.29 is 29.3 Å². The standard InChI is InChI=1S/C10H18O3.C6H10O3/c1-9(2)10(12)13-8-6-4-3-5-7-11;1-5(2)6(8)9-4-3-7/h11H,1,3-8H2,2H3;7H,1,3-4H2,2H3. The van der Waals surface area contributed by atoms with Crippen LogP contribution in [0, 0.1) is 0 Å². The van der Waals surface area contributed by atoms with E-state index < -0.39 is 5.97 Å². The highest BCUT2D eigenvalue weighted by atomic mass is 16.5. The number of carbonyl (C=O) groups excluding carboxylic acids is 2. The van der Waals surface area contributed by atoms with Crippen molar-refractivity contribution in [2.24, 2.45) is 0 Å². The number of ether oxygens (including phenoxy) is 2. The fourth-order valence-electron chi connectivity index (χ4n) is 1.12. The second-order valence-electron chi connectivity index (χ2n) is 4.69. The van der Waals surface area contributed by atoms with Crippen LogP contribution in [0.4, 0.5) is 0 Å². The van der Waals surface area contributed by atoms with Crippen LogP contribution in [0.3, 0.4) is 0 Å². The van der Waals surface area contributed by atoms with Crippen LogP contribution >= 0.6 is 0 Å². The van der Waals surface area contributed by atoms with Crippen molar-refractivity contribution in [3.63, 3.8) is 0 Å². The number of rotatable bonds is 10. The summed E-state index contributed by atoms with van der Waals surface area (Å²) in [5, 5.41) is 16.7. The molecular formula is C16H28O6. The van der Waals surface area contributed by atoms with Crippen molar-refractivity contribution in [1.29, 1.82) is 0 Å². The molecule has 0 aromatic carbocycles. The van der Waals surface area contributed by atoms with Gasteiger partial charge in [-0.2, -0.15) is 0 Å². The van der Waals surface area contributed by atoms with Gasteiger partial charge in [0.1, 0.15) is 6.61 Å². The number of aliphatic hydroxyl groups is 2. The average Bonchev–Trinajstić information content (AvgIpc) is 2.48. The Kier molecular flexibility index (Phi) is 16.2. The number of esters is 2. The van der Waals surface area contributed by atoms with E-state index in [4.69, 9.17) is 14.9 Å². The first kappa shape index (κ1) is 22.6. The molecule has 0 amide bonds. The van der Waals surface area contributed by atoms with E-state index in [2.05, 4.69) is 17.9 Å². The van der Waals surface area contributed by atoms with E-state index in [0.717, 1.165) is 25.7 Å². The lowest BCUT2D eigenvalue weighted by Gasteiger charge is -2.03. The zero-order valence-corrected chi connectivity index (χ0v) is 13.6. The van der Waals surface area contributed by atoms with Gasteiger partial charge in [-0.15, -0.1) is 0 Å². The molecule has 0 aromatic rings. The topological polar surface area (TPSA) is 93.1 Å². The molecule has 6 nitrogen and oxygen atoms in total. The summed E-state index contributed by atoms with van der Waals surface area (Å²) in [7, 11) is 0. The lowest BCUT2D eigenvalue weighted by molar-refractivity contribution is -0.140. The van der Waals surface area contributed by atoms with Gasteiger partial charge in [-0.3, -0.25) is 0 Å². The minimum atomic E-state index is -0.455. The zero-order valence-electron chi connectivity index (χ0n) is 13.6. The smallest absolute Gasteiger partial charge is 0.333 e. The molecule has 0 heterocycles. The van der Waals surface area contributed by atoms with Crippen molar-refractivity contribution in [3.05, 3.63) is 24.3 Å². The summed E-state index contributed by atoms with van der Waals surface area (Å²) < 4.78 is 9.35. The number of hydrogen-bond acceptors (Lipinski definition) is 6. The Morgan fingerprint density at radius 1 is 0.773 bits per heavy atom. The molecule has 0 rings (SSSR count).